The number of rotatable bonds is 5. The van der Waals surface area contributed by atoms with Gasteiger partial charge in [0.25, 0.3) is 0 Å². The third kappa shape index (κ3) is 2.40. The summed E-state index contributed by atoms with van der Waals surface area (Å²) in [6, 6.07) is 9.84. The van der Waals surface area contributed by atoms with E-state index in [4.69, 9.17) is 0 Å². The molecule has 0 bridgehead atoms. The number of hydrogen-bond acceptors (Lipinski definition) is 1. The Morgan fingerprint density at radius 1 is 1.07 bits per heavy atom. The van der Waals surface area contributed by atoms with Crippen molar-refractivity contribution in [3.05, 3.63) is 35.4 Å². The summed E-state index contributed by atoms with van der Waals surface area (Å²) in [5, 5.41) is 3.59. The average molecular weight is 201 g/mol. The highest BCUT2D eigenvalue weighted by molar-refractivity contribution is 5.33. The van der Waals surface area contributed by atoms with E-state index in [1.54, 1.807) is 11.1 Å². The fourth-order valence-electron chi connectivity index (χ4n) is 2.25. The summed E-state index contributed by atoms with van der Waals surface area (Å²) in [4.78, 5) is 0. The van der Waals surface area contributed by atoms with E-state index >= 15 is 0 Å². The highest BCUT2D eigenvalue weighted by Crippen LogP contribution is 2.41. The van der Waals surface area contributed by atoms with Crippen LogP contribution in [0.2, 0.25) is 0 Å². The Kier molecular flexibility index (Phi) is 2.49. The maximum atomic E-state index is 3.59. The van der Waals surface area contributed by atoms with Gasteiger partial charge < -0.3 is 5.32 Å². The minimum absolute atomic E-state index is 0.845. The van der Waals surface area contributed by atoms with Crippen LogP contribution in [0.15, 0.2) is 24.3 Å². The molecule has 1 aromatic rings. The fraction of sp³-hybridized carbons (Fsp3) is 0.571. The summed E-state index contributed by atoms with van der Waals surface area (Å²) >= 11 is 0. The van der Waals surface area contributed by atoms with Crippen LogP contribution in [-0.2, 0) is 6.42 Å². The van der Waals surface area contributed by atoms with Gasteiger partial charge in [0, 0.05) is 6.04 Å². The van der Waals surface area contributed by atoms with E-state index in [-0.39, 0.29) is 0 Å². The first-order valence-corrected chi connectivity index (χ1v) is 6.24. The minimum atomic E-state index is 0.845. The molecule has 0 amide bonds. The molecule has 0 aromatic heterocycles. The van der Waals surface area contributed by atoms with E-state index in [2.05, 4.69) is 29.6 Å². The van der Waals surface area contributed by atoms with Gasteiger partial charge in [-0.15, -0.1) is 0 Å². The lowest BCUT2D eigenvalue weighted by molar-refractivity contribution is 0.679. The van der Waals surface area contributed by atoms with Crippen LogP contribution in [0.25, 0.3) is 0 Å². The summed E-state index contributed by atoms with van der Waals surface area (Å²) in [7, 11) is 0. The van der Waals surface area contributed by atoms with Gasteiger partial charge in [-0.3, -0.25) is 0 Å². The van der Waals surface area contributed by atoms with Crippen LogP contribution in [0, 0.1) is 0 Å². The second-order valence-corrected chi connectivity index (χ2v) is 4.95. The van der Waals surface area contributed by atoms with Crippen molar-refractivity contribution in [1.82, 2.24) is 5.32 Å². The Hall–Kier alpha value is -0.820. The van der Waals surface area contributed by atoms with E-state index in [0.717, 1.165) is 18.5 Å². The Labute approximate surface area is 91.9 Å². The van der Waals surface area contributed by atoms with Crippen molar-refractivity contribution >= 4 is 0 Å². The second-order valence-electron chi connectivity index (χ2n) is 4.95. The molecule has 1 N–H and O–H groups in total. The largest absolute Gasteiger partial charge is 0.314 e. The first-order chi connectivity index (χ1) is 7.43. The van der Waals surface area contributed by atoms with Crippen LogP contribution in [0.3, 0.4) is 0 Å². The monoisotopic (exact) mass is 201 g/mol. The Morgan fingerprint density at radius 3 is 2.60 bits per heavy atom. The van der Waals surface area contributed by atoms with Crippen molar-refractivity contribution < 1.29 is 0 Å². The lowest BCUT2D eigenvalue weighted by Crippen LogP contribution is -2.19. The van der Waals surface area contributed by atoms with Gasteiger partial charge in [-0.25, -0.2) is 0 Å². The van der Waals surface area contributed by atoms with E-state index < -0.39 is 0 Å². The SMILES string of the molecule is c1ccc(C2CC2)c(CCNC2CC2)c1. The Bertz CT molecular complexity index is 337. The molecule has 15 heavy (non-hydrogen) atoms. The molecule has 1 nitrogen and oxygen atoms in total. The van der Waals surface area contributed by atoms with Crippen LogP contribution >= 0.6 is 0 Å². The molecule has 0 atom stereocenters. The van der Waals surface area contributed by atoms with Crippen LogP contribution in [0.5, 0.6) is 0 Å². The molecule has 2 aliphatic rings. The van der Waals surface area contributed by atoms with Crippen molar-refractivity contribution in [2.75, 3.05) is 6.54 Å². The predicted molar refractivity (Wildman–Crippen MR) is 63.1 cm³/mol. The molecule has 0 spiro atoms. The topological polar surface area (TPSA) is 12.0 Å². The molecule has 0 saturated heterocycles. The fourth-order valence-corrected chi connectivity index (χ4v) is 2.25. The summed E-state index contributed by atoms with van der Waals surface area (Å²) in [6.07, 6.45) is 6.82. The molecule has 0 aliphatic heterocycles. The average Bonchev–Trinajstić information content (AvgIpc) is 3.14. The molecule has 80 valence electrons. The zero-order chi connectivity index (χ0) is 10.1. The zero-order valence-corrected chi connectivity index (χ0v) is 9.21. The number of nitrogens with one attached hydrogen (secondary N) is 1. The third-order valence-electron chi connectivity index (χ3n) is 3.48. The molecule has 2 fully saturated rings. The molecule has 3 rings (SSSR count). The lowest BCUT2D eigenvalue weighted by Gasteiger charge is -2.08. The standard InChI is InChI=1S/C14H19N/c1-2-4-14(12-5-6-12)11(3-1)9-10-15-13-7-8-13/h1-4,12-13,15H,5-10H2. The van der Waals surface area contributed by atoms with E-state index in [9.17, 15) is 0 Å². The number of benzene rings is 1. The number of hydrogen-bond donors (Lipinski definition) is 1. The van der Waals surface area contributed by atoms with E-state index in [1.807, 2.05) is 0 Å². The molecule has 2 aliphatic carbocycles. The highest BCUT2D eigenvalue weighted by atomic mass is 14.9. The summed E-state index contributed by atoms with van der Waals surface area (Å²) < 4.78 is 0. The Balaban J connectivity index is 1.61. The predicted octanol–water partition coefficient (Wildman–Crippen LogP) is 2.86. The molecule has 1 aromatic carbocycles. The normalized spacial score (nSPS) is 20.5. The van der Waals surface area contributed by atoms with Gasteiger partial charge in [0.05, 0.1) is 0 Å². The van der Waals surface area contributed by atoms with Crippen LogP contribution in [0.1, 0.15) is 42.7 Å². The van der Waals surface area contributed by atoms with Gasteiger partial charge in [-0.05, 0) is 55.7 Å². The molecule has 2 saturated carbocycles. The smallest absolute Gasteiger partial charge is 0.00683 e. The van der Waals surface area contributed by atoms with Crippen LogP contribution in [0.4, 0.5) is 0 Å². The van der Waals surface area contributed by atoms with Crippen molar-refractivity contribution in [1.29, 1.82) is 0 Å². The highest BCUT2D eigenvalue weighted by Gasteiger charge is 2.25. The van der Waals surface area contributed by atoms with E-state index in [1.165, 1.54) is 32.1 Å². The molecule has 1 heteroatoms. The Morgan fingerprint density at radius 2 is 1.87 bits per heavy atom. The first-order valence-electron chi connectivity index (χ1n) is 6.24. The first kappa shape index (κ1) is 9.41. The third-order valence-corrected chi connectivity index (χ3v) is 3.48. The maximum Gasteiger partial charge on any atom is 0.00683 e. The lowest BCUT2D eigenvalue weighted by atomic mass is 10.0. The molecule has 0 heterocycles. The van der Waals surface area contributed by atoms with Gasteiger partial charge >= 0.3 is 0 Å². The maximum absolute atomic E-state index is 3.59. The summed E-state index contributed by atoms with van der Waals surface area (Å²) in [6.45, 7) is 1.16. The van der Waals surface area contributed by atoms with Crippen molar-refractivity contribution in [3.63, 3.8) is 0 Å². The summed E-state index contributed by atoms with van der Waals surface area (Å²) in [5.41, 5.74) is 3.20. The van der Waals surface area contributed by atoms with Gasteiger partial charge in [-0.1, -0.05) is 24.3 Å². The molecular weight excluding hydrogens is 182 g/mol. The second kappa shape index (κ2) is 3.97. The molecule has 0 unspecified atom stereocenters. The van der Waals surface area contributed by atoms with Gasteiger partial charge in [0.15, 0.2) is 0 Å². The van der Waals surface area contributed by atoms with Gasteiger partial charge in [0.2, 0.25) is 0 Å². The molecular formula is C14H19N. The van der Waals surface area contributed by atoms with Crippen LogP contribution < -0.4 is 5.32 Å². The van der Waals surface area contributed by atoms with Crippen molar-refractivity contribution in [2.24, 2.45) is 0 Å². The minimum Gasteiger partial charge on any atom is -0.314 e. The van der Waals surface area contributed by atoms with Gasteiger partial charge in [-0.2, -0.15) is 0 Å². The quantitative estimate of drug-likeness (QED) is 0.772. The van der Waals surface area contributed by atoms with Crippen LogP contribution in [-0.4, -0.2) is 12.6 Å². The van der Waals surface area contributed by atoms with Gasteiger partial charge in [0.1, 0.15) is 0 Å². The van der Waals surface area contributed by atoms with Crippen molar-refractivity contribution in [3.8, 4) is 0 Å². The molecule has 0 radical (unpaired) electrons. The van der Waals surface area contributed by atoms with Crippen molar-refractivity contribution in [2.45, 2.75) is 44.1 Å². The van der Waals surface area contributed by atoms with E-state index in [0.29, 0.717) is 0 Å². The summed E-state index contributed by atoms with van der Waals surface area (Å²) in [5.74, 6) is 0.891. The zero-order valence-electron chi connectivity index (χ0n) is 9.21.